The quantitative estimate of drug-likeness (QED) is 0.660. The first-order chi connectivity index (χ1) is 10.6. The van der Waals surface area contributed by atoms with Crippen molar-refractivity contribution in [1.29, 1.82) is 0 Å². The lowest BCUT2D eigenvalue weighted by Crippen LogP contribution is -2.03. The van der Waals surface area contributed by atoms with Gasteiger partial charge < -0.3 is 4.57 Å². The minimum Gasteiger partial charge on any atom is -0.322 e. The van der Waals surface area contributed by atoms with E-state index in [0.717, 1.165) is 11.6 Å². The summed E-state index contributed by atoms with van der Waals surface area (Å²) >= 11 is 0. The zero-order valence-corrected chi connectivity index (χ0v) is 12.4. The van der Waals surface area contributed by atoms with Crippen LogP contribution in [0, 0.1) is 11.6 Å². The number of hydrogen-bond donors (Lipinski definition) is 0. The molecule has 0 spiro atoms. The smallest absolute Gasteiger partial charge is 0.161 e. The lowest BCUT2D eigenvalue weighted by molar-refractivity contribution is 0.509. The molecule has 0 radical (unpaired) electrons. The van der Waals surface area contributed by atoms with Gasteiger partial charge in [0.05, 0.1) is 11.0 Å². The van der Waals surface area contributed by atoms with E-state index in [1.54, 1.807) is 0 Å². The summed E-state index contributed by atoms with van der Waals surface area (Å²) in [5.74, 6) is -1.05. The molecular formula is C18H16F2N2. The van der Waals surface area contributed by atoms with Crippen LogP contribution in [0.4, 0.5) is 8.78 Å². The Morgan fingerprint density at radius 2 is 1.68 bits per heavy atom. The molecule has 0 aliphatic heterocycles. The third-order valence-electron chi connectivity index (χ3n) is 3.50. The maximum Gasteiger partial charge on any atom is 0.161 e. The minimum atomic E-state index is -0.875. The molecule has 3 aromatic rings. The number of halogens is 2. The molecule has 1 aromatic heterocycles. The fourth-order valence-corrected chi connectivity index (χ4v) is 2.50. The highest BCUT2D eigenvalue weighted by molar-refractivity contribution is 5.80. The van der Waals surface area contributed by atoms with Gasteiger partial charge in [-0.25, -0.2) is 13.8 Å². The molecule has 0 N–H and O–H groups in total. The van der Waals surface area contributed by atoms with Crippen molar-refractivity contribution < 1.29 is 8.78 Å². The van der Waals surface area contributed by atoms with Gasteiger partial charge in [0.15, 0.2) is 11.6 Å². The second-order valence-corrected chi connectivity index (χ2v) is 5.43. The van der Waals surface area contributed by atoms with E-state index in [1.165, 1.54) is 6.07 Å². The number of fused-ring (bicyclic) bond motifs is 1. The number of aromatic nitrogens is 2. The maximum absolute atomic E-state index is 13.5. The van der Waals surface area contributed by atoms with E-state index in [0.29, 0.717) is 16.9 Å². The Morgan fingerprint density at radius 3 is 2.36 bits per heavy atom. The van der Waals surface area contributed by atoms with E-state index in [-0.39, 0.29) is 6.04 Å². The molecule has 0 saturated carbocycles. The van der Waals surface area contributed by atoms with Crippen LogP contribution in [0.2, 0.25) is 0 Å². The molecule has 112 valence electrons. The lowest BCUT2D eigenvalue weighted by Gasteiger charge is -2.11. The fourth-order valence-electron chi connectivity index (χ4n) is 2.50. The molecule has 0 atom stereocenters. The van der Waals surface area contributed by atoms with Crippen molar-refractivity contribution >= 4 is 23.2 Å². The van der Waals surface area contributed by atoms with Crippen molar-refractivity contribution in [2.24, 2.45) is 0 Å². The molecule has 1 heterocycles. The summed E-state index contributed by atoms with van der Waals surface area (Å²) in [4.78, 5) is 4.42. The van der Waals surface area contributed by atoms with Gasteiger partial charge in [-0.05, 0) is 25.5 Å². The summed E-state index contributed by atoms with van der Waals surface area (Å²) in [7, 11) is 0. The molecule has 0 bridgehead atoms. The Hall–Kier alpha value is -2.49. The highest BCUT2D eigenvalue weighted by atomic mass is 19.2. The molecule has 2 nitrogen and oxygen atoms in total. The van der Waals surface area contributed by atoms with Gasteiger partial charge in [0.25, 0.3) is 0 Å². The number of rotatable bonds is 3. The van der Waals surface area contributed by atoms with Gasteiger partial charge in [0.1, 0.15) is 5.82 Å². The highest BCUT2D eigenvalue weighted by Gasteiger charge is 2.14. The van der Waals surface area contributed by atoms with Crippen molar-refractivity contribution in [1.82, 2.24) is 9.55 Å². The molecule has 22 heavy (non-hydrogen) atoms. The molecule has 0 fully saturated rings. The Balaban J connectivity index is 2.13. The maximum atomic E-state index is 13.5. The van der Waals surface area contributed by atoms with Gasteiger partial charge in [0.2, 0.25) is 0 Å². The summed E-state index contributed by atoms with van der Waals surface area (Å²) in [6, 6.07) is 12.3. The molecule has 0 unspecified atom stereocenters. The highest BCUT2D eigenvalue weighted by Crippen LogP contribution is 2.24. The van der Waals surface area contributed by atoms with Crippen LogP contribution in [0.1, 0.15) is 31.3 Å². The van der Waals surface area contributed by atoms with Crippen molar-refractivity contribution in [3.8, 4) is 0 Å². The molecule has 0 saturated heterocycles. The van der Waals surface area contributed by atoms with Crippen LogP contribution in [0.15, 0.2) is 42.5 Å². The van der Waals surface area contributed by atoms with Crippen LogP contribution in [0.5, 0.6) is 0 Å². The molecule has 3 rings (SSSR count). The largest absolute Gasteiger partial charge is 0.322 e. The third-order valence-corrected chi connectivity index (χ3v) is 3.50. The van der Waals surface area contributed by atoms with Crippen LogP contribution in [0.3, 0.4) is 0 Å². The molecule has 0 amide bonds. The monoisotopic (exact) mass is 298 g/mol. The average Bonchev–Trinajstić information content (AvgIpc) is 2.84. The van der Waals surface area contributed by atoms with Gasteiger partial charge in [-0.15, -0.1) is 0 Å². The Labute approximate surface area is 127 Å². The Morgan fingerprint density at radius 1 is 1.00 bits per heavy atom. The first kappa shape index (κ1) is 14.4. The van der Waals surface area contributed by atoms with E-state index in [9.17, 15) is 8.78 Å². The van der Waals surface area contributed by atoms with Crippen molar-refractivity contribution in [2.75, 3.05) is 0 Å². The van der Waals surface area contributed by atoms with Gasteiger partial charge in [0, 0.05) is 18.2 Å². The summed E-state index contributed by atoms with van der Waals surface area (Å²) in [6.07, 6.45) is 3.80. The number of imidazole rings is 1. The number of nitrogens with zero attached hydrogens (tertiary/aromatic N) is 2. The Kier molecular flexibility index (Phi) is 3.75. The van der Waals surface area contributed by atoms with E-state index in [2.05, 4.69) is 4.98 Å². The van der Waals surface area contributed by atoms with Crippen molar-refractivity contribution in [2.45, 2.75) is 19.9 Å². The second-order valence-electron chi connectivity index (χ2n) is 5.43. The van der Waals surface area contributed by atoms with Crippen molar-refractivity contribution in [3.05, 3.63) is 65.5 Å². The Bertz CT molecular complexity index is 833. The topological polar surface area (TPSA) is 17.8 Å². The van der Waals surface area contributed by atoms with Crippen LogP contribution < -0.4 is 0 Å². The van der Waals surface area contributed by atoms with Crippen molar-refractivity contribution in [3.63, 3.8) is 0 Å². The molecule has 0 aliphatic carbocycles. The number of hydrogen-bond acceptors (Lipinski definition) is 1. The van der Waals surface area contributed by atoms with Crippen LogP contribution in [-0.2, 0) is 0 Å². The average molecular weight is 298 g/mol. The van der Waals surface area contributed by atoms with Crippen LogP contribution >= 0.6 is 0 Å². The predicted octanol–water partition coefficient (Wildman–Crippen LogP) is 5.07. The van der Waals surface area contributed by atoms with E-state index in [1.807, 2.05) is 60.9 Å². The van der Waals surface area contributed by atoms with Gasteiger partial charge in [-0.3, -0.25) is 0 Å². The second kappa shape index (κ2) is 5.72. The normalized spacial score (nSPS) is 11.9. The summed E-state index contributed by atoms with van der Waals surface area (Å²) in [5, 5.41) is 0. The van der Waals surface area contributed by atoms with Crippen LogP contribution in [-0.4, -0.2) is 9.55 Å². The molecule has 2 aromatic carbocycles. The zero-order chi connectivity index (χ0) is 15.7. The SMILES string of the molecule is CC(C)n1c(/C=C/c2ccccc2)nc2cc(F)c(F)cc21. The van der Waals surface area contributed by atoms with E-state index >= 15 is 0 Å². The zero-order valence-electron chi connectivity index (χ0n) is 12.4. The summed E-state index contributed by atoms with van der Waals surface area (Å²) in [6.45, 7) is 3.98. The summed E-state index contributed by atoms with van der Waals surface area (Å²) < 4.78 is 28.8. The molecule has 4 heteroatoms. The number of benzene rings is 2. The molecular weight excluding hydrogens is 282 g/mol. The van der Waals surface area contributed by atoms with E-state index < -0.39 is 11.6 Å². The summed E-state index contributed by atoms with van der Waals surface area (Å²) in [5.41, 5.74) is 2.10. The van der Waals surface area contributed by atoms with Gasteiger partial charge in [-0.2, -0.15) is 0 Å². The molecule has 0 aliphatic rings. The van der Waals surface area contributed by atoms with Gasteiger partial charge >= 0.3 is 0 Å². The van der Waals surface area contributed by atoms with E-state index in [4.69, 9.17) is 0 Å². The van der Waals surface area contributed by atoms with Crippen LogP contribution in [0.25, 0.3) is 23.2 Å². The standard InChI is InChI=1S/C18H16F2N2/c1-12(2)22-17-11-15(20)14(19)10-16(17)21-18(22)9-8-13-6-4-3-5-7-13/h3-12H,1-2H3/b9-8+. The fraction of sp³-hybridized carbons (Fsp3) is 0.167. The van der Waals surface area contributed by atoms with Gasteiger partial charge in [-0.1, -0.05) is 36.4 Å². The lowest BCUT2D eigenvalue weighted by atomic mass is 10.2. The minimum absolute atomic E-state index is 0.0882. The first-order valence-electron chi connectivity index (χ1n) is 7.16. The predicted molar refractivity (Wildman–Crippen MR) is 85.4 cm³/mol. The third kappa shape index (κ3) is 2.64. The first-order valence-corrected chi connectivity index (χ1v) is 7.16.